The average Bonchev–Trinajstić information content (AvgIpc) is 2.80. The van der Waals surface area contributed by atoms with E-state index < -0.39 is 0 Å². The maximum Gasteiger partial charge on any atom is 0.238 e. The van der Waals surface area contributed by atoms with Crippen molar-refractivity contribution in [2.45, 2.75) is 18.8 Å². The number of methoxy groups -OCH3 is 1. The predicted octanol–water partition coefficient (Wildman–Crippen LogP) is 2.95. The highest BCUT2D eigenvalue weighted by Crippen LogP contribution is 2.27. The summed E-state index contributed by atoms with van der Waals surface area (Å²) in [4.78, 5) is 27.4. The molecule has 0 bridgehead atoms. The first-order valence-corrected chi connectivity index (χ1v) is 10.3. The quantitative estimate of drug-likeness (QED) is 0.634. The molecule has 160 valence electrons. The van der Waals surface area contributed by atoms with E-state index in [9.17, 15) is 4.79 Å². The van der Waals surface area contributed by atoms with Crippen molar-refractivity contribution in [2.24, 2.45) is 0 Å². The molecule has 31 heavy (non-hydrogen) atoms. The van der Waals surface area contributed by atoms with Crippen molar-refractivity contribution in [1.29, 1.82) is 0 Å². The fourth-order valence-electron chi connectivity index (χ4n) is 3.82. The van der Waals surface area contributed by atoms with E-state index in [-0.39, 0.29) is 11.9 Å². The summed E-state index contributed by atoms with van der Waals surface area (Å²) >= 11 is 0. The molecule has 3 N–H and O–H groups in total. The first-order chi connectivity index (χ1) is 15.1. The molecule has 1 fully saturated rings. The van der Waals surface area contributed by atoms with Gasteiger partial charge in [-0.25, -0.2) is 9.97 Å². The summed E-state index contributed by atoms with van der Waals surface area (Å²) in [6.07, 6.45) is 7.34. The molecule has 3 aromatic rings. The minimum absolute atomic E-state index is 0.0162. The summed E-state index contributed by atoms with van der Waals surface area (Å²) in [5.41, 5.74) is 9.20. The minimum atomic E-state index is -0.0162. The van der Waals surface area contributed by atoms with Crippen LogP contribution in [0.25, 0.3) is 11.1 Å². The van der Waals surface area contributed by atoms with Crippen LogP contribution in [0.2, 0.25) is 0 Å². The molecule has 1 aromatic carbocycles. The van der Waals surface area contributed by atoms with Gasteiger partial charge in [-0.15, -0.1) is 0 Å². The number of nitrogens with two attached hydrogens (primary N) is 1. The Morgan fingerprint density at radius 1 is 1.10 bits per heavy atom. The van der Waals surface area contributed by atoms with Crippen LogP contribution in [0.4, 0.5) is 11.6 Å². The summed E-state index contributed by atoms with van der Waals surface area (Å²) in [6.45, 7) is 2.09. The highest BCUT2D eigenvalue weighted by molar-refractivity contribution is 5.92. The number of likely N-dealkylation sites (tertiary alicyclic amines) is 1. The third-order valence-corrected chi connectivity index (χ3v) is 5.46. The Bertz CT molecular complexity index is 1010. The molecule has 8 heteroatoms. The number of pyridine rings is 1. The number of benzene rings is 1. The van der Waals surface area contributed by atoms with Crippen molar-refractivity contribution < 1.29 is 9.53 Å². The standard InChI is InChI=1S/C23H26N6O2/c1-31-20-7-5-19(6-8-20)28-22(30)15-29-10-2-3-17(14-29)21-9-4-16(11-25-21)18-12-26-23(24)27-13-18/h4-9,11-13,17H,2-3,10,14-15H2,1H3,(H,28,30)(H2,24,26,27). The summed E-state index contributed by atoms with van der Waals surface area (Å²) in [7, 11) is 1.62. The highest BCUT2D eigenvalue weighted by atomic mass is 16.5. The van der Waals surface area contributed by atoms with Gasteiger partial charge in [0.1, 0.15) is 5.75 Å². The fourth-order valence-corrected chi connectivity index (χ4v) is 3.82. The number of rotatable bonds is 6. The van der Waals surface area contributed by atoms with E-state index in [0.29, 0.717) is 12.5 Å². The molecule has 1 saturated heterocycles. The lowest BCUT2D eigenvalue weighted by Crippen LogP contribution is -2.39. The number of aromatic nitrogens is 3. The molecule has 0 spiro atoms. The molecular weight excluding hydrogens is 392 g/mol. The Morgan fingerprint density at radius 2 is 1.84 bits per heavy atom. The van der Waals surface area contributed by atoms with Gasteiger partial charge in [0, 0.05) is 53.6 Å². The molecule has 1 aliphatic rings. The zero-order valence-corrected chi connectivity index (χ0v) is 17.5. The molecule has 4 rings (SSSR count). The van der Waals surface area contributed by atoms with Crippen molar-refractivity contribution in [3.63, 3.8) is 0 Å². The number of nitrogens with zero attached hydrogens (tertiary/aromatic N) is 4. The topological polar surface area (TPSA) is 106 Å². The second kappa shape index (κ2) is 9.53. The van der Waals surface area contributed by atoms with E-state index in [1.165, 1.54) is 0 Å². The van der Waals surface area contributed by atoms with Crippen LogP contribution in [0.15, 0.2) is 55.0 Å². The van der Waals surface area contributed by atoms with Gasteiger partial charge in [-0.2, -0.15) is 0 Å². The minimum Gasteiger partial charge on any atom is -0.497 e. The third kappa shape index (κ3) is 5.35. The number of hydrogen-bond acceptors (Lipinski definition) is 7. The SMILES string of the molecule is COc1ccc(NC(=O)CN2CCCC(c3ccc(-c4cnc(N)nc4)cn3)C2)cc1. The number of hydrogen-bond donors (Lipinski definition) is 2. The molecule has 2 aromatic heterocycles. The largest absolute Gasteiger partial charge is 0.497 e. The van der Waals surface area contributed by atoms with Gasteiger partial charge in [0.2, 0.25) is 11.9 Å². The smallest absolute Gasteiger partial charge is 0.238 e. The molecule has 3 heterocycles. The van der Waals surface area contributed by atoms with Gasteiger partial charge < -0.3 is 15.8 Å². The Labute approximate surface area is 181 Å². The number of piperidine rings is 1. The first kappa shape index (κ1) is 20.7. The van der Waals surface area contributed by atoms with Crippen molar-refractivity contribution in [3.8, 4) is 16.9 Å². The van der Waals surface area contributed by atoms with Crippen LogP contribution in [0, 0.1) is 0 Å². The van der Waals surface area contributed by atoms with Crippen LogP contribution in [0.3, 0.4) is 0 Å². The van der Waals surface area contributed by atoms with E-state index >= 15 is 0 Å². The van der Waals surface area contributed by atoms with Crippen LogP contribution < -0.4 is 15.8 Å². The summed E-state index contributed by atoms with van der Waals surface area (Å²) in [6, 6.07) is 11.4. The Morgan fingerprint density at radius 3 is 2.52 bits per heavy atom. The molecular formula is C23H26N6O2. The van der Waals surface area contributed by atoms with Crippen LogP contribution in [0.5, 0.6) is 5.75 Å². The predicted molar refractivity (Wildman–Crippen MR) is 120 cm³/mol. The van der Waals surface area contributed by atoms with Crippen molar-refractivity contribution in [1.82, 2.24) is 19.9 Å². The number of ether oxygens (including phenoxy) is 1. The lowest BCUT2D eigenvalue weighted by molar-refractivity contribution is -0.117. The molecule has 0 saturated carbocycles. The first-order valence-electron chi connectivity index (χ1n) is 10.3. The Kier molecular flexibility index (Phi) is 6.37. The van der Waals surface area contributed by atoms with E-state index in [2.05, 4.69) is 31.2 Å². The van der Waals surface area contributed by atoms with Gasteiger partial charge in [0.15, 0.2) is 0 Å². The van der Waals surface area contributed by atoms with Gasteiger partial charge in [0.05, 0.1) is 13.7 Å². The molecule has 1 amide bonds. The lowest BCUT2D eigenvalue weighted by atomic mass is 9.94. The molecule has 0 radical (unpaired) electrons. The second-order valence-corrected chi connectivity index (χ2v) is 7.65. The van der Waals surface area contributed by atoms with Gasteiger partial charge in [-0.05, 0) is 49.7 Å². The second-order valence-electron chi connectivity index (χ2n) is 7.65. The fraction of sp³-hybridized carbons (Fsp3) is 0.304. The number of carbonyl (C=O) groups is 1. The van der Waals surface area contributed by atoms with Gasteiger partial charge >= 0.3 is 0 Å². The molecule has 0 aliphatic carbocycles. The number of nitrogen functional groups attached to an aromatic ring is 1. The van der Waals surface area contributed by atoms with E-state index in [1.54, 1.807) is 19.5 Å². The van der Waals surface area contributed by atoms with Crippen LogP contribution in [-0.4, -0.2) is 52.5 Å². The lowest BCUT2D eigenvalue weighted by Gasteiger charge is -2.32. The van der Waals surface area contributed by atoms with Gasteiger partial charge in [0.25, 0.3) is 0 Å². The van der Waals surface area contributed by atoms with Gasteiger partial charge in [-0.3, -0.25) is 14.7 Å². The Hall–Kier alpha value is -3.52. The molecule has 8 nitrogen and oxygen atoms in total. The number of nitrogens with one attached hydrogen (secondary N) is 1. The van der Waals surface area contributed by atoms with Crippen LogP contribution in [-0.2, 0) is 4.79 Å². The summed E-state index contributed by atoms with van der Waals surface area (Å²) in [5.74, 6) is 1.31. The van der Waals surface area contributed by atoms with Crippen molar-refractivity contribution in [2.75, 3.05) is 37.8 Å². The average molecular weight is 419 g/mol. The maximum absolute atomic E-state index is 12.5. The van der Waals surface area contributed by atoms with Crippen molar-refractivity contribution in [3.05, 3.63) is 60.7 Å². The zero-order chi connectivity index (χ0) is 21.6. The van der Waals surface area contributed by atoms with Crippen LogP contribution >= 0.6 is 0 Å². The molecule has 1 unspecified atom stereocenters. The highest BCUT2D eigenvalue weighted by Gasteiger charge is 2.24. The number of amides is 1. The Balaban J connectivity index is 1.34. The monoisotopic (exact) mass is 418 g/mol. The van der Waals surface area contributed by atoms with E-state index in [4.69, 9.17) is 10.5 Å². The van der Waals surface area contributed by atoms with E-state index in [1.807, 2.05) is 36.5 Å². The summed E-state index contributed by atoms with van der Waals surface area (Å²) < 4.78 is 5.15. The maximum atomic E-state index is 12.5. The number of carbonyl (C=O) groups excluding carboxylic acids is 1. The van der Waals surface area contributed by atoms with Crippen LogP contribution in [0.1, 0.15) is 24.5 Å². The third-order valence-electron chi connectivity index (χ3n) is 5.46. The summed E-state index contributed by atoms with van der Waals surface area (Å²) in [5, 5.41) is 2.95. The number of anilines is 2. The van der Waals surface area contributed by atoms with Gasteiger partial charge in [-0.1, -0.05) is 6.07 Å². The zero-order valence-electron chi connectivity index (χ0n) is 17.5. The van der Waals surface area contributed by atoms with E-state index in [0.717, 1.165) is 54.2 Å². The normalized spacial score (nSPS) is 16.6. The molecule has 1 atom stereocenters. The van der Waals surface area contributed by atoms with Crippen molar-refractivity contribution >= 4 is 17.5 Å². The molecule has 1 aliphatic heterocycles.